The summed E-state index contributed by atoms with van der Waals surface area (Å²) >= 11 is 11.7. The number of halogens is 2. The van der Waals surface area contributed by atoms with E-state index in [4.69, 9.17) is 27.9 Å². The van der Waals surface area contributed by atoms with Gasteiger partial charge in [-0.2, -0.15) is 0 Å². The minimum atomic E-state index is -0.718. The zero-order chi connectivity index (χ0) is 15.9. The van der Waals surface area contributed by atoms with Gasteiger partial charge in [0.25, 0.3) is 0 Å². The monoisotopic (exact) mass is 335 g/mol. The van der Waals surface area contributed by atoms with Gasteiger partial charge in [-0.05, 0) is 25.0 Å². The number of ether oxygens (including phenoxy) is 1. The summed E-state index contributed by atoms with van der Waals surface area (Å²) in [6.45, 7) is 4.82. The van der Waals surface area contributed by atoms with Gasteiger partial charge in [0, 0.05) is 19.2 Å². The molecule has 0 heterocycles. The van der Waals surface area contributed by atoms with Gasteiger partial charge >= 0.3 is 0 Å². The van der Waals surface area contributed by atoms with Gasteiger partial charge in [-0.15, -0.1) is 0 Å². The molecule has 0 aliphatic carbocycles. The van der Waals surface area contributed by atoms with Crippen LogP contribution in [0.4, 0.5) is 0 Å². The molecule has 4 nitrogen and oxygen atoms in total. The summed E-state index contributed by atoms with van der Waals surface area (Å²) in [5.74, 6) is 0.557. The molecule has 120 valence electrons. The molecule has 1 aromatic rings. The third-order valence-corrected chi connectivity index (χ3v) is 4.22. The van der Waals surface area contributed by atoms with Crippen LogP contribution in [0.1, 0.15) is 26.7 Å². The molecule has 0 aliphatic rings. The number of rotatable bonds is 9. The average molecular weight is 336 g/mol. The highest BCUT2D eigenvalue weighted by atomic mass is 35.5. The van der Waals surface area contributed by atoms with Gasteiger partial charge in [0.2, 0.25) is 0 Å². The van der Waals surface area contributed by atoms with E-state index in [2.05, 4.69) is 5.32 Å². The van der Waals surface area contributed by atoms with Crippen LogP contribution in [0.25, 0.3) is 0 Å². The van der Waals surface area contributed by atoms with Crippen molar-refractivity contribution in [1.29, 1.82) is 0 Å². The fourth-order valence-corrected chi connectivity index (χ4v) is 2.08. The van der Waals surface area contributed by atoms with Crippen molar-refractivity contribution < 1.29 is 14.9 Å². The number of hydrogen-bond donors (Lipinski definition) is 3. The van der Waals surface area contributed by atoms with Crippen LogP contribution in [-0.2, 0) is 0 Å². The summed E-state index contributed by atoms with van der Waals surface area (Å²) < 4.78 is 5.44. The molecule has 1 aromatic carbocycles. The molecule has 0 spiro atoms. The lowest BCUT2D eigenvalue weighted by atomic mass is 9.97. The second kappa shape index (κ2) is 8.81. The summed E-state index contributed by atoms with van der Waals surface area (Å²) in [5, 5.41) is 23.9. The maximum atomic E-state index is 10.1. The van der Waals surface area contributed by atoms with Crippen molar-refractivity contribution in [3.05, 3.63) is 28.2 Å². The Kier molecular flexibility index (Phi) is 7.77. The van der Waals surface area contributed by atoms with Crippen molar-refractivity contribution in [2.75, 3.05) is 19.7 Å². The number of nitrogens with one attached hydrogen (secondary N) is 1. The predicted molar refractivity (Wildman–Crippen MR) is 86.4 cm³/mol. The van der Waals surface area contributed by atoms with Crippen LogP contribution in [0.3, 0.4) is 0 Å². The minimum absolute atomic E-state index is 0.141. The molecule has 3 N–H and O–H groups in total. The highest BCUT2D eigenvalue weighted by Gasteiger charge is 2.21. The Labute approximate surface area is 136 Å². The Balaban J connectivity index is 2.31. The van der Waals surface area contributed by atoms with Gasteiger partial charge in [-0.3, -0.25) is 0 Å². The lowest BCUT2D eigenvalue weighted by Crippen LogP contribution is -2.43. The van der Waals surface area contributed by atoms with Crippen LogP contribution in [0.2, 0.25) is 10.0 Å². The lowest BCUT2D eigenvalue weighted by molar-refractivity contribution is 0.0270. The molecule has 1 unspecified atom stereocenters. The Morgan fingerprint density at radius 1 is 1.24 bits per heavy atom. The molecule has 0 aromatic heterocycles. The first-order valence-corrected chi connectivity index (χ1v) is 7.85. The summed E-state index contributed by atoms with van der Waals surface area (Å²) in [7, 11) is 0. The molecule has 0 aliphatic heterocycles. The topological polar surface area (TPSA) is 61.7 Å². The smallest absolute Gasteiger partial charge is 0.121 e. The second-order valence-corrected chi connectivity index (χ2v) is 5.92. The van der Waals surface area contributed by atoms with Crippen LogP contribution in [-0.4, -0.2) is 41.6 Å². The summed E-state index contributed by atoms with van der Waals surface area (Å²) in [6, 6.07) is 4.95. The van der Waals surface area contributed by atoms with E-state index in [0.29, 0.717) is 41.7 Å². The summed E-state index contributed by atoms with van der Waals surface area (Å²) in [4.78, 5) is 0. The summed E-state index contributed by atoms with van der Waals surface area (Å²) in [5.41, 5.74) is -0.718. The molecule has 0 saturated carbocycles. The quantitative estimate of drug-likeness (QED) is 0.649. The zero-order valence-electron chi connectivity index (χ0n) is 12.4. The van der Waals surface area contributed by atoms with E-state index < -0.39 is 11.7 Å². The fourth-order valence-electron chi connectivity index (χ4n) is 1.79. The van der Waals surface area contributed by atoms with Crippen molar-refractivity contribution in [2.24, 2.45) is 0 Å². The Hall–Kier alpha value is -0.520. The fraction of sp³-hybridized carbons (Fsp3) is 0.600. The lowest BCUT2D eigenvalue weighted by Gasteiger charge is -2.26. The Bertz CT molecular complexity index is 439. The van der Waals surface area contributed by atoms with Crippen molar-refractivity contribution in [1.82, 2.24) is 5.32 Å². The molecule has 1 atom stereocenters. The van der Waals surface area contributed by atoms with E-state index in [-0.39, 0.29) is 6.61 Å². The van der Waals surface area contributed by atoms with Gasteiger partial charge in [-0.1, -0.05) is 37.0 Å². The maximum absolute atomic E-state index is 10.1. The first kappa shape index (κ1) is 18.5. The molecule has 0 amide bonds. The van der Waals surface area contributed by atoms with E-state index in [1.54, 1.807) is 18.2 Å². The van der Waals surface area contributed by atoms with Crippen molar-refractivity contribution in [2.45, 2.75) is 38.4 Å². The molecular formula is C15H23Cl2NO3. The first-order valence-electron chi connectivity index (χ1n) is 7.09. The average Bonchev–Trinajstić information content (AvgIpc) is 2.48. The molecule has 0 radical (unpaired) electrons. The second-order valence-electron chi connectivity index (χ2n) is 5.10. The first-order chi connectivity index (χ1) is 9.90. The van der Waals surface area contributed by atoms with Gasteiger partial charge < -0.3 is 20.3 Å². The number of hydrogen-bond acceptors (Lipinski definition) is 4. The molecule has 1 rings (SSSR count). The maximum Gasteiger partial charge on any atom is 0.121 e. The van der Waals surface area contributed by atoms with Crippen LogP contribution in [0.5, 0.6) is 5.75 Å². The van der Waals surface area contributed by atoms with Gasteiger partial charge in [0.15, 0.2) is 0 Å². The van der Waals surface area contributed by atoms with E-state index in [9.17, 15) is 10.2 Å². The van der Waals surface area contributed by atoms with E-state index in [0.717, 1.165) is 0 Å². The van der Waals surface area contributed by atoms with Crippen LogP contribution in [0.15, 0.2) is 18.2 Å². The Morgan fingerprint density at radius 3 is 2.48 bits per heavy atom. The number of aliphatic hydroxyl groups is 2. The highest BCUT2D eigenvalue weighted by molar-refractivity contribution is 6.42. The molecule has 0 fully saturated rings. The number of aliphatic hydroxyl groups excluding tert-OH is 1. The van der Waals surface area contributed by atoms with Crippen LogP contribution in [0, 0.1) is 0 Å². The largest absolute Gasteiger partial charge is 0.491 e. The standard InChI is InChI=1S/C15H23Cl2NO3/c1-3-15(20,4-2)10-18-8-11(19)9-21-12-5-6-13(16)14(17)7-12/h5-7,11,18-20H,3-4,8-10H2,1-2H3. The SMILES string of the molecule is CCC(O)(CC)CNCC(O)COc1ccc(Cl)c(Cl)c1. The van der Waals surface area contributed by atoms with Crippen LogP contribution < -0.4 is 10.1 Å². The third-order valence-electron chi connectivity index (χ3n) is 3.48. The normalized spacial score (nSPS) is 13.2. The molecule has 0 saturated heterocycles. The van der Waals surface area contributed by atoms with Crippen molar-refractivity contribution in [3.63, 3.8) is 0 Å². The Morgan fingerprint density at radius 2 is 1.90 bits per heavy atom. The van der Waals surface area contributed by atoms with Crippen molar-refractivity contribution in [3.8, 4) is 5.75 Å². The van der Waals surface area contributed by atoms with E-state index in [1.807, 2.05) is 13.8 Å². The molecule has 0 bridgehead atoms. The summed E-state index contributed by atoms with van der Waals surface area (Å²) in [6.07, 6.45) is 0.677. The molecular weight excluding hydrogens is 313 g/mol. The van der Waals surface area contributed by atoms with Crippen molar-refractivity contribution >= 4 is 23.2 Å². The minimum Gasteiger partial charge on any atom is -0.491 e. The van der Waals surface area contributed by atoms with Gasteiger partial charge in [-0.25, -0.2) is 0 Å². The van der Waals surface area contributed by atoms with Gasteiger partial charge in [0.1, 0.15) is 18.5 Å². The predicted octanol–water partition coefficient (Wildman–Crippen LogP) is 2.87. The highest BCUT2D eigenvalue weighted by Crippen LogP contribution is 2.26. The third kappa shape index (κ3) is 6.41. The molecule has 6 heteroatoms. The number of benzene rings is 1. The molecule has 21 heavy (non-hydrogen) atoms. The van der Waals surface area contributed by atoms with Gasteiger partial charge in [0.05, 0.1) is 15.6 Å². The van der Waals surface area contributed by atoms with Crippen LogP contribution >= 0.6 is 23.2 Å². The van der Waals surface area contributed by atoms with E-state index >= 15 is 0 Å². The zero-order valence-corrected chi connectivity index (χ0v) is 13.9. The van der Waals surface area contributed by atoms with E-state index in [1.165, 1.54) is 0 Å².